The average molecular weight is 276 g/mol. The second-order valence-electron chi connectivity index (χ2n) is 4.52. The zero-order valence-electron chi connectivity index (χ0n) is 8.43. The normalized spacial score (nSPS) is 23.6. The number of hydrogen-bond donors (Lipinski definition) is 0. The lowest BCUT2D eigenvalue weighted by Crippen LogP contribution is -2.00. The molecule has 0 radical (unpaired) electrons. The van der Waals surface area contributed by atoms with Gasteiger partial charge in [0.2, 0.25) is 0 Å². The minimum Gasteiger partial charge on any atom is -0.237 e. The van der Waals surface area contributed by atoms with Crippen molar-refractivity contribution >= 4 is 27.5 Å². The summed E-state index contributed by atoms with van der Waals surface area (Å²) in [6.45, 7) is 6.40. The van der Waals surface area contributed by atoms with Gasteiger partial charge >= 0.3 is 0 Å². The third-order valence-electron chi connectivity index (χ3n) is 2.82. The Morgan fingerprint density at radius 2 is 2.00 bits per heavy atom. The second-order valence-corrected chi connectivity index (χ2v) is 5.67. The predicted molar refractivity (Wildman–Crippen MR) is 60.6 cm³/mol. The molecular formula is C10H12BrClN2. The van der Waals surface area contributed by atoms with Crippen LogP contribution >= 0.6 is 27.5 Å². The van der Waals surface area contributed by atoms with Crippen LogP contribution in [0.3, 0.4) is 0 Å². The first-order valence-electron chi connectivity index (χ1n) is 4.61. The fourth-order valence-corrected chi connectivity index (χ4v) is 2.01. The Kier molecular flexibility index (Phi) is 2.35. The Balaban J connectivity index is 2.38. The van der Waals surface area contributed by atoms with E-state index in [1.165, 1.54) is 0 Å². The first-order valence-corrected chi connectivity index (χ1v) is 5.78. The predicted octanol–water partition coefficient (Wildman–Crippen LogP) is 3.71. The molecule has 76 valence electrons. The standard InChI is InChI=1S/C10H12BrClN2/c1-5-7(11)8(12)14-9(13-5)6-4-10(6,2)3/h6H,4H2,1-3H3. The van der Waals surface area contributed by atoms with Crippen LogP contribution in [0.2, 0.25) is 5.15 Å². The summed E-state index contributed by atoms with van der Waals surface area (Å²) < 4.78 is 0.807. The molecule has 0 aromatic carbocycles. The molecule has 1 aliphatic carbocycles. The fraction of sp³-hybridized carbons (Fsp3) is 0.600. The van der Waals surface area contributed by atoms with Gasteiger partial charge in [-0.3, -0.25) is 0 Å². The zero-order chi connectivity index (χ0) is 10.5. The van der Waals surface area contributed by atoms with E-state index >= 15 is 0 Å². The molecule has 0 saturated heterocycles. The molecule has 0 aliphatic heterocycles. The monoisotopic (exact) mass is 274 g/mol. The molecule has 14 heavy (non-hydrogen) atoms. The largest absolute Gasteiger partial charge is 0.237 e. The van der Waals surface area contributed by atoms with Gasteiger partial charge in [-0.05, 0) is 34.7 Å². The molecule has 1 heterocycles. The first-order chi connectivity index (χ1) is 6.42. The highest BCUT2D eigenvalue weighted by atomic mass is 79.9. The quantitative estimate of drug-likeness (QED) is 0.730. The van der Waals surface area contributed by atoms with Crippen molar-refractivity contribution in [3.8, 4) is 0 Å². The summed E-state index contributed by atoms with van der Waals surface area (Å²) >= 11 is 9.34. The number of nitrogens with zero attached hydrogens (tertiary/aromatic N) is 2. The lowest BCUT2D eigenvalue weighted by atomic mass is 10.1. The minimum absolute atomic E-state index is 0.351. The van der Waals surface area contributed by atoms with Crippen LogP contribution in [0.25, 0.3) is 0 Å². The van der Waals surface area contributed by atoms with Crippen molar-refractivity contribution in [1.29, 1.82) is 0 Å². The molecule has 1 aliphatic rings. The maximum Gasteiger partial charge on any atom is 0.147 e. The maximum atomic E-state index is 5.99. The van der Waals surface area contributed by atoms with Gasteiger partial charge in [-0.1, -0.05) is 25.4 Å². The van der Waals surface area contributed by atoms with Crippen molar-refractivity contribution in [2.24, 2.45) is 5.41 Å². The van der Waals surface area contributed by atoms with Gasteiger partial charge in [0.05, 0.1) is 10.2 Å². The lowest BCUT2D eigenvalue weighted by molar-refractivity contribution is 0.607. The molecular weight excluding hydrogens is 263 g/mol. The van der Waals surface area contributed by atoms with Gasteiger partial charge in [0, 0.05) is 5.92 Å². The van der Waals surface area contributed by atoms with Crippen molar-refractivity contribution in [3.63, 3.8) is 0 Å². The van der Waals surface area contributed by atoms with E-state index in [9.17, 15) is 0 Å². The number of aromatic nitrogens is 2. The Bertz CT molecular complexity index is 367. The Morgan fingerprint density at radius 3 is 2.43 bits per heavy atom. The molecule has 1 saturated carbocycles. The van der Waals surface area contributed by atoms with E-state index in [2.05, 4.69) is 39.7 Å². The van der Waals surface area contributed by atoms with Gasteiger partial charge < -0.3 is 0 Å². The van der Waals surface area contributed by atoms with Gasteiger partial charge in [0.15, 0.2) is 0 Å². The summed E-state index contributed by atoms with van der Waals surface area (Å²) in [5.41, 5.74) is 1.27. The Labute approximate surface area is 97.2 Å². The molecule has 2 nitrogen and oxygen atoms in total. The van der Waals surface area contributed by atoms with Gasteiger partial charge in [-0.25, -0.2) is 9.97 Å². The van der Waals surface area contributed by atoms with Gasteiger partial charge in [-0.15, -0.1) is 0 Å². The van der Waals surface area contributed by atoms with Gasteiger partial charge in [0.1, 0.15) is 11.0 Å². The summed E-state index contributed by atoms with van der Waals surface area (Å²) in [4.78, 5) is 8.75. The van der Waals surface area contributed by atoms with Crippen molar-refractivity contribution in [2.45, 2.75) is 33.1 Å². The fourth-order valence-electron chi connectivity index (χ4n) is 1.61. The highest BCUT2D eigenvalue weighted by molar-refractivity contribution is 9.10. The van der Waals surface area contributed by atoms with Crippen LogP contribution in [-0.4, -0.2) is 9.97 Å². The molecule has 1 fully saturated rings. The minimum atomic E-state index is 0.351. The van der Waals surface area contributed by atoms with Crippen LogP contribution < -0.4 is 0 Å². The highest BCUT2D eigenvalue weighted by Gasteiger charge is 2.48. The van der Waals surface area contributed by atoms with E-state index < -0.39 is 0 Å². The van der Waals surface area contributed by atoms with Crippen LogP contribution in [0.5, 0.6) is 0 Å². The molecule has 1 aromatic rings. The number of hydrogen-bond acceptors (Lipinski definition) is 2. The van der Waals surface area contributed by atoms with E-state index in [1.807, 2.05) is 6.92 Å². The van der Waals surface area contributed by atoms with Gasteiger partial charge in [-0.2, -0.15) is 0 Å². The average Bonchev–Trinajstić information content (AvgIpc) is 2.70. The highest BCUT2D eigenvalue weighted by Crippen LogP contribution is 2.57. The van der Waals surface area contributed by atoms with E-state index in [0.29, 0.717) is 16.5 Å². The molecule has 1 aromatic heterocycles. The van der Waals surface area contributed by atoms with Crippen LogP contribution in [0, 0.1) is 12.3 Å². The number of rotatable bonds is 1. The third-order valence-corrected chi connectivity index (χ3v) is 4.27. The number of halogens is 2. The van der Waals surface area contributed by atoms with Crippen LogP contribution in [-0.2, 0) is 0 Å². The molecule has 0 bridgehead atoms. The van der Waals surface area contributed by atoms with E-state index in [1.54, 1.807) is 0 Å². The van der Waals surface area contributed by atoms with E-state index in [0.717, 1.165) is 22.4 Å². The third kappa shape index (κ3) is 1.68. The molecule has 1 atom stereocenters. The first kappa shape index (κ1) is 10.4. The lowest BCUT2D eigenvalue weighted by Gasteiger charge is -2.05. The maximum absolute atomic E-state index is 5.99. The summed E-state index contributed by atoms with van der Waals surface area (Å²) in [6, 6.07) is 0. The van der Waals surface area contributed by atoms with Crippen molar-refractivity contribution in [3.05, 3.63) is 21.1 Å². The molecule has 1 unspecified atom stereocenters. The Morgan fingerprint density at radius 1 is 1.43 bits per heavy atom. The summed E-state index contributed by atoms with van der Waals surface area (Å²) in [6.07, 6.45) is 1.16. The second kappa shape index (κ2) is 3.17. The molecule has 2 rings (SSSR count). The van der Waals surface area contributed by atoms with Crippen molar-refractivity contribution in [2.75, 3.05) is 0 Å². The topological polar surface area (TPSA) is 25.8 Å². The molecule has 4 heteroatoms. The molecule has 0 spiro atoms. The summed E-state index contributed by atoms with van der Waals surface area (Å²) in [5.74, 6) is 1.37. The van der Waals surface area contributed by atoms with Crippen molar-refractivity contribution < 1.29 is 0 Å². The Hall–Kier alpha value is -0.150. The van der Waals surface area contributed by atoms with Gasteiger partial charge in [0.25, 0.3) is 0 Å². The smallest absolute Gasteiger partial charge is 0.147 e. The van der Waals surface area contributed by atoms with E-state index in [-0.39, 0.29) is 0 Å². The van der Waals surface area contributed by atoms with Crippen molar-refractivity contribution in [1.82, 2.24) is 9.97 Å². The number of aryl methyl sites for hydroxylation is 1. The molecule has 0 amide bonds. The van der Waals surface area contributed by atoms with Crippen LogP contribution in [0.4, 0.5) is 0 Å². The zero-order valence-corrected chi connectivity index (χ0v) is 10.8. The van der Waals surface area contributed by atoms with Crippen LogP contribution in [0.15, 0.2) is 4.47 Å². The van der Waals surface area contributed by atoms with E-state index in [4.69, 9.17) is 11.6 Å². The SMILES string of the molecule is Cc1nc(C2CC2(C)C)nc(Cl)c1Br. The summed E-state index contributed by atoms with van der Waals surface area (Å²) in [7, 11) is 0. The molecule has 0 N–H and O–H groups in total. The van der Waals surface area contributed by atoms with Crippen LogP contribution in [0.1, 0.15) is 37.7 Å². The summed E-state index contributed by atoms with van der Waals surface area (Å²) in [5, 5.41) is 0.523.